The molecular formula is C14H22O3S. The van der Waals surface area contributed by atoms with Crippen molar-refractivity contribution in [3.8, 4) is 0 Å². The minimum atomic E-state index is -3.58. The first-order chi connectivity index (χ1) is 8.60. The van der Waals surface area contributed by atoms with Gasteiger partial charge in [-0.2, -0.15) is 8.42 Å². The van der Waals surface area contributed by atoms with Crippen LogP contribution in [0.1, 0.15) is 45.1 Å². The van der Waals surface area contributed by atoms with Gasteiger partial charge in [-0.15, -0.1) is 0 Å². The zero-order chi connectivity index (χ0) is 13.4. The van der Waals surface area contributed by atoms with Gasteiger partial charge in [-0.1, -0.05) is 38.8 Å². The van der Waals surface area contributed by atoms with E-state index in [1.165, 1.54) is 0 Å². The summed E-state index contributed by atoms with van der Waals surface area (Å²) >= 11 is 0. The summed E-state index contributed by atoms with van der Waals surface area (Å²) in [6.07, 6.45) is 4.76. The number of rotatable bonds is 8. The fourth-order valence-corrected chi connectivity index (χ4v) is 2.63. The van der Waals surface area contributed by atoms with Crippen LogP contribution in [0.15, 0.2) is 29.2 Å². The van der Waals surface area contributed by atoms with Crippen LogP contribution < -0.4 is 0 Å². The van der Waals surface area contributed by atoms with Crippen LogP contribution >= 0.6 is 0 Å². The van der Waals surface area contributed by atoms with Gasteiger partial charge in [0, 0.05) is 0 Å². The first-order valence-electron chi connectivity index (χ1n) is 6.58. The molecule has 0 atom stereocenters. The van der Waals surface area contributed by atoms with Crippen molar-refractivity contribution in [3.63, 3.8) is 0 Å². The van der Waals surface area contributed by atoms with E-state index in [2.05, 4.69) is 6.92 Å². The van der Waals surface area contributed by atoms with Gasteiger partial charge < -0.3 is 0 Å². The van der Waals surface area contributed by atoms with Gasteiger partial charge in [0.1, 0.15) is 0 Å². The van der Waals surface area contributed by atoms with Crippen LogP contribution in [0.2, 0.25) is 0 Å². The van der Waals surface area contributed by atoms with Crippen molar-refractivity contribution in [2.24, 2.45) is 0 Å². The Balaban J connectivity index is 2.75. The van der Waals surface area contributed by atoms with Gasteiger partial charge in [0.15, 0.2) is 0 Å². The Morgan fingerprint density at radius 1 is 1.11 bits per heavy atom. The lowest BCUT2D eigenvalue weighted by atomic mass is 10.1. The third-order valence-electron chi connectivity index (χ3n) is 2.74. The van der Waals surface area contributed by atoms with Crippen molar-refractivity contribution >= 4 is 10.1 Å². The molecule has 0 radical (unpaired) electrons. The largest absolute Gasteiger partial charge is 0.296 e. The highest BCUT2D eigenvalue weighted by Gasteiger charge is 2.14. The Morgan fingerprint density at radius 3 is 2.50 bits per heavy atom. The highest BCUT2D eigenvalue weighted by molar-refractivity contribution is 7.86. The highest BCUT2D eigenvalue weighted by atomic mass is 32.2. The van der Waals surface area contributed by atoms with E-state index in [1.54, 1.807) is 18.2 Å². The molecular weight excluding hydrogens is 248 g/mol. The van der Waals surface area contributed by atoms with E-state index in [9.17, 15) is 8.42 Å². The molecule has 102 valence electrons. The molecule has 0 saturated heterocycles. The van der Waals surface area contributed by atoms with Crippen LogP contribution in [0.5, 0.6) is 0 Å². The quantitative estimate of drug-likeness (QED) is 0.536. The Bertz CT molecular complexity index is 452. The van der Waals surface area contributed by atoms with Crippen molar-refractivity contribution in [1.82, 2.24) is 0 Å². The van der Waals surface area contributed by atoms with Crippen LogP contribution in [0.4, 0.5) is 0 Å². The zero-order valence-electron chi connectivity index (χ0n) is 11.2. The van der Waals surface area contributed by atoms with Crippen molar-refractivity contribution in [1.29, 1.82) is 0 Å². The van der Waals surface area contributed by atoms with Crippen LogP contribution in [-0.2, 0) is 20.7 Å². The first-order valence-corrected chi connectivity index (χ1v) is 7.99. The van der Waals surface area contributed by atoms with E-state index in [-0.39, 0.29) is 11.5 Å². The lowest BCUT2D eigenvalue weighted by Gasteiger charge is -2.07. The van der Waals surface area contributed by atoms with Gasteiger partial charge in [-0.05, 0) is 37.0 Å². The molecule has 0 aliphatic carbocycles. The van der Waals surface area contributed by atoms with Gasteiger partial charge in [-0.25, -0.2) is 0 Å². The molecule has 0 aliphatic rings. The number of unbranched alkanes of at least 4 members (excludes halogenated alkanes) is 2. The molecule has 0 N–H and O–H groups in total. The Labute approximate surface area is 110 Å². The van der Waals surface area contributed by atoms with Gasteiger partial charge >= 0.3 is 0 Å². The predicted octanol–water partition coefficient (Wildman–Crippen LogP) is 3.53. The van der Waals surface area contributed by atoms with Crippen LogP contribution in [0.25, 0.3) is 0 Å². The third kappa shape index (κ3) is 4.78. The van der Waals surface area contributed by atoms with E-state index in [0.717, 1.165) is 37.7 Å². The van der Waals surface area contributed by atoms with Crippen molar-refractivity contribution in [3.05, 3.63) is 29.8 Å². The van der Waals surface area contributed by atoms with Gasteiger partial charge in [0.2, 0.25) is 0 Å². The van der Waals surface area contributed by atoms with E-state index < -0.39 is 10.1 Å². The summed E-state index contributed by atoms with van der Waals surface area (Å²) < 4.78 is 28.8. The molecule has 0 heterocycles. The van der Waals surface area contributed by atoms with Crippen molar-refractivity contribution in [2.75, 3.05) is 6.61 Å². The summed E-state index contributed by atoms with van der Waals surface area (Å²) in [6, 6.07) is 7.05. The molecule has 0 aliphatic heterocycles. The third-order valence-corrected chi connectivity index (χ3v) is 4.05. The SMILES string of the molecule is CCCCOS(=O)(=O)c1cccc(CCCC)c1. The second kappa shape index (κ2) is 7.54. The molecule has 1 rings (SSSR count). The van der Waals surface area contributed by atoms with Crippen molar-refractivity contribution in [2.45, 2.75) is 50.8 Å². The summed E-state index contributed by atoms with van der Waals surface area (Å²) in [5.74, 6) is 0. The molecule has 0 bridgehead atoms. The molecule has 4 heteroatoms. The average Bonchev–Trinajstić information content (AvgIpc) is 2.37. The number of benzene rings is 1. The minimum absolute atomic E-state index is 0.262. The smallest absolute Gasteiger partial charge is 0.266 e. The van der Waals surface area contributed by atoms with Crippen molar-refractivity contribution < 1.29 is 12.6 Å². The average molecular weight is 270 g/mol. The molecule has 0 aromatic heterocycles. The lowest BCUT2D eigenvalue weighted by Crippen LogP contribution is -2.08. The van der Waals surface area contributed by atoms with Crippen LogP contribution in [-0.4, -0.2) is 15.0 Å². The van der Waals surface area contributed by atoms with E-state index >= 15 is 0 Å². The maximum atomic E-state index is 11.9. The highest BCUT2D eigenvalue weighted by Crippen LogP contribution is 2.16. The minimum Gasteiger partial charge on any atom is -0.266 e. The second-order valence-corrected chi connectivity index (χ2v) is 6.00. The van der Waals surface area contributed by atoms with Crippen LogP contribution in [0, 0.1) is 0 Å². The van der Waals surface area contributed by atoms with Gasteiger partial charge in [0.05, 0.1) is 11.5 Å². The Hall–Kier alpha value is -0.870. The molecule has 0 spiro atoms. The maximum absolute atomic E-state index is 11.9. The normalized spacial score (nSPS) is 11.7. The fraction of sp³-hybridized carbons (Fsp3) is 0.571. The van der Waals surface area contributed by atoms with E-state index in [0.29, 0.717) is 0 Å². The molecule has 3 nitrogen and oxygen atoms in total. The lowest BCUT2D eigenvalue weighted by molar-refractivity contribution is 0.311. The summed E-state index contributed by atoms with van der Waals surface area (Å²) in [4.78, 5) is 0.271. The maximum Gasteiger partial charge on any atom is 0.296 e. The molecule has 0 unspecified atom stereocenters. The first kappa shape index (κ1) is 15.2. The second-order valence-electron chi connectivity index (χ2n) is 4.38. The predicted molar refractivity (Wildman–Crippen MR) is 73.1 cm³/mol. The Kier molecular flexibility index (Phi) is 6.36. The standard InChI is InChI=1S/C14H22O3S/c1-3-5-8-13-9-7-10-14(12-13)18(15,16)17-11-6-4-2/h7,9-10,12H,3-6,8,11H2,1-2H3. The van der Waals surface area contributed by atoms with Crippen LogP contribution in [0.3, 0.4) is 0 Å². The number of hydrogen-bond acceptors (Lipinski definition) is 3. The molecule has 0 fully saturated rings. The number of aryl methyl sites for hydroxylation is 1. The summed E-state index contributed by atoms with van der Waals surface area (Å²) in [6.45, 7) is 4.38. The molecule has 18 heavy (non-hydrogen) atoms. The van der Waals surface area contributed by atoms with Gasteiger partial charge in [0.25, 0.3) is 10.1 Å². The van der Waals surface area contributed by atoms with E-state index in [1.807, 2.05) is 13.0 Å². The molecule has 0 amide bonds. The fourth-order valence-electron chi connectivity index (χ4n) is 1.62. The Morgan fingerprint density at radius 2 is 1.83 bits per heavy atom. The van der Waals surface area contributed by atoms with E-state index in [4.69, 9.17) is 4.18 Å². The molecule has 1 aromatic carbocycles. The molecule has 1 aromatic rings. The summed E-state index contributed by atoms with van der Waals surface area (Å²) in [7, 11) is -3.58. The summed E-state index contributed by atoms with van der Waals surface area (Å²) in [5.41, 5.74) is 1.05. The topological polar surface area (TPSA) is 43.4 Å². The monoisotopic (exact) mass is 270 g/mol. The zero-order valence-corrected chi connectivity index (χ0v) is 12.0. The summed E-state index contributed by atoms with van der Waals surface area (Å²) in [5, 5.41) is 0. The van der Waals surface area contributed by atoms with Gasteiger partial charge in [-0.3, -0.25) is 4.18 Å². The number of hydrogen-bond donors (Lipinski definition) is 0. The molecule has 0 saturated carbocycles.